The third-order valence-electron chi connectivity index (χ3n) is 4.79. The molecule has 5 nitrogen and oxygen atoms in total. The molecule has 0 amide bonds. The molecule has 2 aromatic rings. The summed E-state index contributed by atoms with van der Waals surface area (Å²) in [6.07, 6.45) is 1.69. The maximum Gasteiger partial charge on any atom is 0.338 e. The van der Waals surface area contributed by atoms with Crippen LogP contribution in [0.1, 0.15) is 35.7 Å². The number of esters is 1. The number of carbonyl (C=O) groups is 1. The minimum absolute atomic E-state index is 0.155. The highest BCUT2D eigenvalue weighted by atomic mass is 32.2. The molecule has 0 bridgehead atoms. The van der Waals surface area contributed by atoms with Crippen LogP contribution in [0.15, 0.2) is 53.4 Å². The Bertz CT molecular complexity index is 904. The van der Waals surface area contributed by atoms with Crippen LogP contribution in [-0.4, -0.2) is 31.8 Å². The van der Waals surface area contributed by atoms with E-state index in [1.54, 1.807) is 12.1 Å². The molecule has 1 aliphatic rings. The van der Waals surface area contributed by atoms with E-state index in [4.69, 9.17) is 4.74 Å². The Morgan fingerprint density at radius 1 is 1.11 bits per heavy atom. The van der Waals surface area contributed by atoms with E-state index in [0.29, 0.717) is 19.0 Å². The van der Waals surface area contributed by atoms with Gasteiger partial charge in [0.2, 0.25) is 10.0 Å². The fourth-order valence-electron chi connectivity index (χ4n) is 2.98. The third-order valence-corrected chi connectivity index (χ3v) is 6.70. The van der Waals surface area contributed by atoms with Gasteiger partial charge in [0, 0.05) is 18.7 Å². The van der Waals surface area contributed by atoms with Crippen molar-refractivity contribution in [2.24, 2.45) is 5.92 Å². The third kappa shape index (κ3) is 4.54. The average Bonchev–Trinajstić information content (AvgIpc) is 2.67. The highest BCUT2D eigenvalue weighted by molar-refractivity contribution is 7.89. The van der Waals surface area contributed by atoms with Crippen molar-refractivity contribution in [3.8, 4) is 0 Å². The van der Waals surface area contributed by atoms with Gasteiger partial charge in [0.1, 0.15) is 12.4 Å². The molecular weight excluding hydrogens is 369 g/mol. The van der Waals surface area contributed by atoms with Crippen LogP contribution in [0.3, 0.4) is 0 Å². The second-order valence-corrected chi connectivity index (χ2v) is 8.72. The smallest absolute Gasteiger partial charge is 0.338 e. The number of rotatable bonds is 5. The minimum Gasteiger partial charge on any atom is -0.457 e. The van der Waals surface area contributed by atoms with Crippen molar-refractivity contribution in [1.29, 1.82) is 0 Å². The van der Waals surface area contributed by atoms with Crippen molar-refractivity contribution in [2.75, 3.05) is 13.1 Å². The molecule has 0 radical (unpaired) electrons. The zero-order valence-corrected chi connectivity index (χ0v) is 15.9. The number of piperidine rings is 1. The zero-order valence-electron chi connectivity index (χ0n) is 15.1. The summed E-state index contributed by atoms with van der Waals surface area (Å²) in [4.78, 5) is 12.3. The van der Waals surface area contributed by atoms with Crippen LogP contribution in [0.5, 0.6) is 0 Å². The van der Waals surface area contributed by atoms with Gasteiger partial charge in [-0.25, -0.2) is 17.6 Å². The molecule has 27 heavy (non-hydrogen) atoms. The molecule has 0 spiro atoms. The van der Waals surface area contributed by atoms with Crippen LogP contribution < -0.4 is 0 Å². The van der Waals surface area contributed by atoms with Gasteiger partial charge in [0.25, 0.3) is 0 Å². The van der Waals surface area contributed by atoms with E-state index in [1.165, 1.54) is 40.7 Å². The highest BCUT2D eigenvalue weighted by Gasteiger charge is 2.28. The molecule has 7 heteroatoms. The van der Waals surface area contributed by atoms with Crippen molar-refractivity contribution >= 4 is 16.0 Å². The van der Waals surface area contributed by atoms with Crippen molar-refractivity contribution in [3.05, 3.63) is 65.5 Å². The van der Waals surface area contributed by atoms with Crippen molar-refractivity contribution in [2.45, 2.75) is 31.3 Å². The van der Waals surface area contributed by atoms with Gasteiger partial charge in [-0.15, -0.1) is 0 Å². The van der Waals surface area contributed by atoms with Crippen LogP contribution in [0, 0.1) is 11.7 Å². The number of hydrogen-bond donors (Lipinski definition) is 0. The van der Waals surface area contributed by atoms with E-state index in [9.17, 15) is 17.6 Å². The average molecular weight is 391 g/mol. The Kier molecular flexibility index (Phi) is 5.92. The van der Waals surface area contributed by atoms with Crippen LogP contribution >= 0.6 is 0 Å². The Morgan fingerprint density at radius 3 is 2.37 bits per heavy atom. The number of benzene rings is 2. The Labute approximate surface area is 158 Å². The summed E-state index contributed by atoms with van der Waals surface area (Å²) in [6, 6.07) is 11.7. The summed E-state index contributed by atoms with van der Waals surface area (Å²) in [5, 5.41) is 0. The Morgan fingerprint density at radius 2 is 1.74 bits per heavy atom. The van der Waals surface area contributed by atoms with Gasteiger partial charge in [-0.05, 0) is 49.1 Å². The molecular formula is C20H22FNO4S. The van der Waals surface area contributed by atoms with Gasteiger partial charge in [-0.2, -0.15) is 4.31 Å². The van der Waals surface area contributed by atoms with Crippen molar-refractivity contribution in [1.82, 2.24) is 4.31 Å². The van der Waals surface area contributed by atoms with Crippen molar-refractivity contribution < 1.29 is 22.3 Å². The summed E-state index contributed by atoms with van der Waals surface area (Å²) in [7, 11) is -3.56. The molecule has 1 saturated heterocycles. The topological polar surface area (TPSA) is 63.7 Å². The molecule has 1 aliphatic heterocycles. The fraction of sp³-hybridized carbons (Fsp3) is 0.350. The first-order valence-corrected chi connectivity index (χ1v) is 10.3. The second-order valence-electron chi connectivity index (χ2n) is 6.78. The molecule has 0 aromatic heterocycles. The predicted octanol–water partition coefficient (Wildman–Crippen LogP) is 3.60. The van der Waals surface area contributed by atoms with Gasteiger partial charge in [0.15, 0.2) is 0 Å². The summed E-state index contributed by atoms with van der Waals surface area (Å²) in [5.74, 6) is -0.542. The lowest BCUT2D eigenvalue weighted by atomic mass is 10.0. The maximum absolute atomic E-state index is 13.6. The summed E-state index contributed by atoms with van der Waals surface area (Å²) >= 11 is 0. The van der Waals surface area contributed by atoms with Gasteiger partial charge in [-0.3, -0.25) is 0 Å². The van der Waals surface area contributed by atoms with E-state index in [0.717, 1.165) is 12.8 Å². The lowest BCUT2D eigenvalue weighted by Crippen LogP contribution is -2.37. The molecule has 2 aromatic carbocycles. The molecule has 3 rings (SSSR count). The molecule has 0 unspecified atom stereocenters. The molecule has 0 N–H and O–H groups in total. The van der Waals surface area contributed by atoms with Gasteiger partial charge >= 0.3 is 5.97 Å². The first-order valence-electron chi connectivity index (χ1n) is 8.88. The van der Waals surface area contributed by atoms with E-state index in [1.807, 2.05) is 0 Å². The van der Waals surface area contributed by atoms with Crippen LogP contribution in [-0.2, 0) is 21.4 Å². The Hall–Kier alpha value is -2.25. The first-order chi connectivity index (χ1) is 12.9. The predicted molar refractivity (Wildman–Crippen MR) is 99.1 cm³/mol. The van der Waals surface area contributed by atoms with Crippen LogP contribution in [0.4, 0.5) is 4.39 Å². The zero-order chi connectivity index (χ0) is 19.4. The molecule has 1 heterocycles. The second kappa shape index (κ2) is 8.19. The summed E-state index contributed by atoms with van der Waals surface area (Å²) < 4.78 is 45.5. The van der Waals surface area contributed by atoms with E-state index in [2.05, 4.69) is 6.92 Å². The normalized spacial score (nSPS) is 16.2. The molecule has 1 fully saturated rings. The number of hydrogen-bond acceptors (Lipinski definition) is 4. The quantitative estimate of drug-likeness (QED) is 0.731. The molecule has 0 atom stereocenters. The van der Waals surface area contributed by atoms with Gasteiger partial charge in [0.05, 0.1) is 10.5 Å². The number of halogens is 1. The Balaban J connectivity index is 1.66. The van der Waals surface area contributed by atoms with Crippen LogP contribution in [0.2, 0.25) is 0 Å². The number of sulfonamides is 1. The largest absolute Gasteiger partial charge is 0.457 e. The highest BCUT2D eigenvalue weighted by Crippen LogP contribution is 2.23. The molecule has 144 valence electrons. The fourth-order valence-corrected chi connectivity index (χ4v) is 4.45. The van der Waals surface area contributed by atoms with E-state index >= 15 is 0 Å². The van der Waals surface area contributed by atoms with E-state index in [-0.39, 0.29) is 22.6 Å². The minimum atomic E-state index is -3.56. The first kappa shape index (κ1) is 19.5. The number of nitrogens with zero attached hydrogens (tertiary/aromatic N) is 1. The van der Waals surface area contributed by atoms with Gasteiger partial charge in [-0.1, -0.05) is 25.1 Å². The van der Waals surface area contributed by atoms with Gasteiger partial charge < -0.3 is 4.74 Å². The SMILES string of the molecule is CC1CCN(S(=O)(=O)c2ccc(C(=O)OCc3ccccc3F)cc2)CC1. The standard InChI is InChI=1S/C20H22FNO4S/c1-15-10-12-22(13-11-15)27(24,25)18-8-6-16(7-9-18)20(23)26-14-17-4-2-3-5-19(17)21/h2-9,15H,10-14H2,1H3. The number of ether oxygens (including phenoxy) is 1. The lowest BCUT2D eigenvalue weighted by Gasteiger charge is -2.29. The summed E-state index contributed by atoms with van der Waals surface area (Å²) in [5.41, 5.74) is 0.502. The van der Waals surface area contributed by atoms with E-state index < -0.39 is 21.8 Å². The number of carbonyl (C=O) groups excluding carboxylic acids is 1. The van der Waals surface area contributed by atoms with Crippen LogP contribution in [0.25, 0.3) is 0 Å². The lowest BCUT2D eigenvalue weighted by molar-refractivity contribution is 0.0469. The molecule has 0 aliphatic carbocycles. The summed E-state index contributed by atoms with van der Waals surface area (Å²) in [6.45, 7) is 2.95. The maximum atomic E-state index is 13.6. The monoisotopic (exact) mass is 391 g/mol. The molecule has 0 saturated carbocycles. The van der Waals surface area contributed by atoms with Crippen molar-refractivity contribution in [3.63, 3.8) is 0 Å².